The predicted octanol–water partition coefficient (Wildman–Crippen LogP) is 0.893. The van der Waals surface area contributed by atoms with Gasteiger partial charge in [-0.25, -0.2) is 0 Å². The number of amides is 1. The molecule has 4 N–H and O–H groups in total. The van der Waals surface area contributed by atoms with E-state index < -0.39 is 4.92 Å². The van der Waals surface area contributed by atoms with Crippen molar-refractivity contribution < 1.29 is 14.5 Å². The van der Waals surface area contributed by atoms with Crippen LogP contribution in [0.3, 0.4) is 0 Å². The van der Waals surface area contributed by atoms with E-state index in [4.69, 9.17) is 10.6 Å². The van der Waals surface area contributed by atoms with Gasteiger partial charge in [-0.15, -0.1) is 0 Å². The third-order valence-corrected chi connectivity index (χ3v) is 2.67. The Labute approximate surface area is 116 Å². The molecule has 1 rings (SSSR count). The van der Waals surface area contributed by atoms with E-state index in [0.29, 0.717) is 18.7 Å². The van der Waals surface area contributed by atoms with Crippen LogP contribution in [-0.2, 0) is 4.74 Å². The largest absolute Gasteiger partial charge is 0.384 e. The zero-order valence-electron chi connectivity index (χ0n) is 11.4. The molecule has 20 heavy (non-hydrogen) atoms. The molecule has 1 aromatic carbocycles. The van der Waals surface area contributed by atoms with Gasteiger partial charge in [-0.2, -0.15) is 0 Å². The van der Waals surface area contributed by atoms with Crippen molar-refractivity contribution in [2.75, 3.05) is 25.7 Å². The molecule has 8 nitrogen and oxygen atoms in total. The van der Waals surface area contributed by atoms with Crippen LogP contribution in [0.2, 0.25) is 0 Å². The summed E-state index contributed by atoms with van der Waals surface area (Å²) in [5.41, 5.74) is 2.42. The predicted molar refractivity (Wildman–Crippen MR) is 74.3 cm³/mol. The Morgan fingerprint density at radius 1 is 1.55 bits per heavy atom. The van der Waals surface area contributed by atoms with E-state index in [-0.39, 0.29) is 23.2 Å². The first-order valence-corrected chi connectivity index (χ1v) is 6.01. The first-order valence-electron chi connectivity index (χ1n) is 6.01. The normalized spacial score (nSPS) is 11.8. The molecule has 0 aliphatic carbocycles. The van der Waals surface area contributed by atoms with E-state index in [1.807, 2.05) is 6.92 Å². The Balaban J connectivity index is 2.76. The zero-order chi connectivity index (χ0) is 15.1. The summed E-state index contributed by atoms with van der Waals surface area (Å²) in [6.07, 6.45) is 0. The smallest absolute Gasteiger partial charge is 0.293 e. The van der Waals surface area contributed by atoms with Crippen LogP contribution < -0.4 is 16.6 Å². The molecule has 1 aromatic rings. The van der Waals surface area contributed by atoms with Gasteiger partial charge in [0.1, 0.15) is 5.69 Å². The lowest BCUT2D eigenvalue weighted by Gasteiger charge is -2.12. The Hall–Kier alpha value is -2.19. The quantitative estimate of drug-likeness (QED) is 0.388. The van der Waals surface area contributed by atoms with Crippen molar-refractivity contribution in [3.8, 4) is 0 Å². The molecule has 0 spiro atoms. The number of carbonyl (C=O) groups is 1. The van der Waals surface area contributed by atoms with E-state index >= 15 is 0 Å². The van der Waals surface area contributed by atoms with Gasteiger partial charge in [0.05, 0.1) is 11.5 Å². The maximum Gasteiger partial charge on any atom is 0.293 e. The summed E-state index contributed by atoms with van der Waals surface area (Å²) in [4.78, 5) is 22.1. The molecule has 0 aromatic heterocycles. The van der Waals surface area contributed by atoms with Gasteiger partial charge in [-0.3, -0.25) is 20.8 Å². The van der Waals surface area contributed by atoms with Crippen molar-refractivity contribution >= 4 is 17.3 Å². The highest BCUT2D eigenvalue weighted by Crippen LogP contribution is 2.24. The third kappa shape index (κ3) is 4.18. The van der Waals surface area contributed by atoms with Crippen LogP contribution in [0, 0.1) is 16.0 Å². The molecule has 0 aliphatic rings. The molecule has 1 unspecified atom stereocenters. The topological polar surface area (TPSA) is 120 Å². The average molecular weight is 282 g/mol. The minimum atomic E-state index is -0.572. The number of nitrogens with zero attached hydrogens (tertiary/aromatic N) is 1. The van der Waals surface area contributed by atoms with E-state index in [2.05, 4.69) is 10.7 Å². The molecule has 0 bridgehead atoms. The number of hydrazine groups is 1. The highest BCUT2D eigenvalue weighted by atomic mass is 16.6. The summed E-state index contributed by atoms with van der Waals surface area (Å²) < 4.78 is 4.97. The average Bonchev–Trinajstić information content (AvgIpc) is 2.44. The Bertz CT molecular complexity index is 492. The van der Waals surface area contributed by atoms with Crippen molar-refractivity contribution in [2.45, 2.75) is 6.92 Å². The number of carbonyl (C=O) groups excluding carboxylic acids is 1. The van der Waals surface area contributed by atoms with Crippen molar-refractivity contribution in [2.24, 2.45) is 11.8 Å². The first-order chi connectivity index (χ1) is 9.49. The number of anilines is 1. The monoisotopic (exact) mass is 282 g/mol. The van der Waals surface area contributed by atoms with Gasteiger partial charge in [-0.05, 0) is 18.1 Å². The van der Waals surface area contributed by atoms with E-state index in [1.54, 1.807) is 7.11 Å². The molecular formula is C12H18N4O4. The first kappa shape index (κ1) is 15.9. The fourth-order valence-electron chi connectivity index (χ4n) is 1.66. The lowest BCUT2D eigenvalue weighted by molar-refractivity contribution is -0.384. The van der Waals surface area contributed by atoms with Crippen LogP contribution in [-0.4, -0.2) is 31.1 Å². The molecule has 0 saturated carbocycles. The van der Waals surface area contributed by atoms with Crippen molar-refractivity contribution in [3.05, 3.63) is 33.9 Å². The molecular weight excluding hydrogens is 264 g/mol. The minimum Gasteiger partial charge on any atom is -0.384 e. The Morgan fingerprint density at radius 2 is 2.25 bits per heavy atom. The number of hydrogen-bond acceptors (Lipinski definition) is 6. The maximum atomic E-state index is 11.9. The number of nitro benzene ring substituents is 1. The molecule has 0 saturated heterocycles. The van der Waals surface area contributed by atoms with Crippen LogP contribution in [0.5, 0.6) is 0 Å². The number of nitro groups is 1. The summed E-state index contributed by atoms with van der Waals surface area (Å²) in [5.74, 6) is 5.07. The molecule has 0 heterocycles. The molecule has 1 atom stereocenters. The molecule has 110 valence electrons. The molecule has 0 fully saturated rings. The lowest BCUT2D eigenvalue weighted by atomic mass is 10.1. The fraction of sp³-hybridized carbons (Fsp3) is 0.417. The van der Waals surface area contributed by atoms with Crippen molar-refractivity contribution in [1.82, 2.24) is 5.32 Å². The minimum absolute atomic E-state index is 0.0904. The number of nitrogens with two attached hydrogens (primary N) is 1. The van der Waals surface area contributed by atoms with Gasteiger partial charge >= 0.3 is 0 Å². The van der Waals surface area contributed by atoms with E-state index in [0.717, 1.165) is 0 Å². The number of ether oxygens (including phenoxy) is 1. The summed E-state index contributed by atoms with van der Waals surface area (Å²) in [7, 11) is 1.59. The molecule has 0 radical (unpaired) electrons. The zero-order valence-corrected chi connectivity index (χ0v) is 11.4. The summed E-state index contributed by atoms with van der Waals surface area (Å²) in [5, 5.41) is 13.5. The highest BCUT2D eigenvalue weighted by Gasteiger charge is 2.16. The number of hydrogen-bond donors (Lipinski definition) is 3. The highest BCUT2D eigenvalue weighted by molar-refractivity contribution is 5.95. The van der Waals surface area contributed by atoms with Gasteiger partial charge in [0, 0.05) is 25.3 Å². The number of nitrogen functional groups attached to an aromatic ring is 1. The van der Waals surface area contributed by atoms with Crippen molar-refractivity contribution in [1.29, 1.82) is 0 Å². The van der Waals surface area contributed by atoms with Gasteiger partial charge in [0.15, 0.2) is 0 Å². The maximum absolute atomic E-state index is 11.9. The standard InChI is InChI=1S/C12H18N4O4/c1-8(7-20-2)6-14-12(17)9-3-4-11(16(18)19)10(5-9)15-13/h3-5,8,15H,6-7,13H2,1-2H3,(H,14,17). The number of benzene rings is 1. The Morgan fingerprint density at radius 3 is 2.80 bits per heavy atom. The van der Waals surface area contributed by atoms with E-state index in [9.17, 15) is 14.9 Å². The summed E-state index contributed by atoms with van der Waals surface area (Å²) >= 11 is 0. The van der Waals surface area contributed by atoms with Crippen LogP contribution in [0.4, 0.5) is 11.4 Å². The van der Waals surface area contributed by atoms with Gasteiger partial charge in [-0.1, -0.05) is 6.92 Å². The fourth-order valence-corrected chi connectivity index (χ4v) is 1.66. The number of rotatable bonds is 7. The summed E-state index contributed by atoms with van der Waals surface area (Å²) in [6, 6.07) is 3.96. The second-order valence-corrected chi connectivity index (χ2v) is 4.40. The molecule has 8 heteroatoms. The second kappa shape index (κ2) is 7.41. The molecule has 1 amide bonds. The van der Waals surface area contributed by atoms with Crippen LogP contribution in [0.15, 0.2) is 18.2 Å². The van der Waals surface area contributed by atoms with Gasteiger partial charge in [0.2, 0.25) is 0 Å². The van der Waals surface area contributed by atoms with Crippen molar-refractivity contribution in [3.63, 3.8) is 0 Å². The van der Waals surface area contributed by atoms with Crippen LogP contribution >= 0.6 is 0 Å². The number of methoxy groups -OCH3 is 1. The Kier molecular flexibility index (Phi) is 5.88. The van der Waals surface area contributed by atoms with Crippen LogP contribution in [0.25, 0.3) is 0 Å². The summed E-state index contributed by atoms with van der Waals surface area (Å²) in [6.45, 7) is 2.93. The second-order valence-electron chi connectivity index (χ2n) is 4.40. The van der Waals surface area contributed by atoms with Gasteiger partial charge in [0.25, 0.3) is 11.6 Å². The number of nitrogens with one attached hydrogen (secondary N) is 2. The SMILES string of the molecule is COCC(C)CNC(=O)c1ccc([N+](=O)[O-])c(NN)c1. The lowest BCUT2D eigenvalue weighted by Crippen LogP contribution is -2.30. The van der Waals surface area contributed by atoms with E-state index in [1.165, 1.54) is 18.2 Å². The molecule has 0 aliphatic heterocycles. The van der Waals surface area contributed by atoms with Gasteiger partial charge < -0.3 is 15.5 Å². The van der Waals surface area contributed by atoms with Crippen LogP contribution in [0.1, 0.15) is 17.3 Å². The third-order valence-electron chi connectivity index (χ3n) is 2.67.